The Bertz CT molecular complexity index is 1280. The van der Waals surface area contributed by atoms with E-state index < -0.39 is 0 Å². The molecule has 0 aliphatic carbocycles. The number of para-hydroxylation sites is 1. The van der Waals surface area contributed by atoms with Crippen LogP contribution in [0.1, 0.15) is 54.8 Å². The third kappa shape index (κ3) is 3.77. The van der Waals surface area contributed by atoms with Crippen molar-refractivity contribution in [3.05, 3.63) is 75.7 Å². The van der Waals surface area contributed by atoms with Crippen molar-refractivity contribution >= 4 is 22.7 Å². The van der Waals surface area contributed by atoms with E-state index in [0.29, 0.717) is 27.8 Å². The molecular formula is C23H24N4O2S. The molecule has 0 aliphatic heterocycles. The van der Waals surface area contributed by atoms with Gasteiger partial charge >= 0.3 is 0 Å². The molecule has 0 saturated carbocycles. The number of fused-ring (bicyclic) bond motifs is 1. The zero-order valence-corrected chi connectivity index (χ0v) is 18.5. The molecule has 1 unspecified atom stereocenters. The van der Waals surface area contributed by atoms with E-state index in [9.17, 15) is 4.79 Å². The molecule has 0 amide bonds. The van der Waals surface area contributed by atoms with Gasteiger partial charge in [-0.15, -0.1) is 0 Å². The minimum Gasteiger partial charge on any atom is -0.338 e. The highest BCUT2D eigenvalue weighted by molar-refractivity contribution is 7.99. The van der Waals surface area contributed by atoms with Crippen LogP contribution >= 0.6 is 11.8 Å². The summed E-state index contributed by atoms with van der Waals surface area (Å²) in [7, 11) is 0. The maximum Gasteiger partial charge on any atom is 0.266 e. The van der Waals surface area contributed by atoms with E-state index in [1.54, 1.807) is 4.57 Å². The molecule has 2 aromatic heterocycles. The number of nitrogens with zero attached hydrogens (tertiary/aromatic N) is 4. The minimum atomic E-state index is -0.157. The van der Waals surface area contributed by atoms with Crippen LogP contribution in [-0.4, -0.2) is 19.7 Å². The van der Waals surface area contributed by atoms with Gasteiger partial charge in [0.1, 0.15) is 0 Å². The van der Waals surface area contributed by atoms with Crippen LogP contribution in [0.3, 0.4) is 0 Å². The molecule has 0 fully saturated rings. The predicted molar refractivity (Wildman–Crippen MR) is 119 cm³/mol. The van der Waals surface area contributed by atoms with Crippen LogP contribution in [0.2, 0.25) is 0 Å². The molecule has 154 valence electrons. The Kier molecular flexibility index (Phi) is 5.47. The summed E-state index contributed by atoms with van der Waals surface area (Å²) in [6, 6.07) is 13.4. The van der Waals surface area contributed by atoms with Gasteiger partial charge in [-0.2, -0.15) is 4.98 Å². The van der Waals surface area contributed by atoms with Gasteiger partial charge < -0.3 is 4.52 Å². The van der Waals surface area contributed by atoms with Crippen molar-refractivity contribution in [3.8, 4) is 5.69 Å². The molecule has 1 atom stereocenters. The SMILES string of the molecule is Cc1ccc(-n2c(SC(C)c3nc(C(C)C)no3)nc3ccccc3c2=O)cc1C. The highest BCUT2D eigenvalue weighted by Gasteiger charge is 2.21. The van der Waals surface area contributed by atoms with Crippen molar-refractivity contribution in [1.29, 1.82) is 0 Å². The molecule has 0 aliphatic rings. The molecule has 7 heteroatoms. The second-order valence-corrected chi connectivity index (χ2v) is 9.03. The summed E-state index contributed by atoms with van der Waals surface area (Å²) in [5, 5.41) is 5.09. The van der Waals surface area contributed by atoms with Crippen molar-refractivity contribution in [3.63, 3.8) is 0 Å². The summed E-state index contributed by atoms with van der Waals surface area (Å²) in [6.07, 6.45) is 0. The van der Waals surface area contributed by atoms with E-state index in [-0.39, 0.29) is 16.7 Å². The fraction of sp³-hybridized carbons (Fsp3) is 0.304. The van der Waals surface area contributed by atoms with Crippen LogP contribution in [0, 0.1) is 13.8 Å². The minimum absolute atomic E-state index is 0.0908. The average molecular weight is 421 g/mol. The Morgan fingerprint density at radius 3 is 2.47 bits per heavy atom. The second-order valence-electron chi connectivity index (χ2n) is 7.73. The number of hydrogen-bond donors (Lipinski definition) is 0. The van der Waals surface area contributed by atoms with Gasteiger partial charge in [-0.05, 0) is 56.2 Å². The van der Waals surface area contributed by atoms with Crippen molar-refractivity contribution in [2.24, 2.45) is 0 Å². The smallest absolute Gasteiger partial charge is 0.266 e. The molecule has 0 N–H and O–H groups in total. The maximum absolute atomic E-state index is 13.4. The highest BCUT2D eigenvalue weighted by atomic mass is 32.2. The number of rotatable bonds is 5. The molecular weight excluding hydrogens is 396 g/mol. The largest absolute Gasteiger partial charge is 0.338 e. The quantitative estimate of drug-likeness (QED) is 0.319. The van der Waals surface area contributed by atoms with Crippen molar-refractivity contribution in [2.75, 3.05) is 0 Å². The number of thioether (sulfide) groups is 1. The summed E-state index contributed by atoms with van der Waals surface area (Å²) in [5.74, 6) is 1.39. The van der Waals surface area contributed by atoms with Crippen LogP contribution in [0.15, 0.2) is 56.9 Å². The Morgan fingerprint density at radius 2 is 1.77 bits per heavy atom. The first-order valence-corrected chi connectivity index (χ1v) is 10.8. The van der Waals surface area contributed by atoms with Gasteiger partial charge in [0, 0.05) is 5.92 Å². The third-order valence-corrected chi connectivity index (χ3v) is 6.14. The van der Waals surface area contributed by atoms with Crippen LogP contribution in [0.5, 0.6) is 0 Å². The molecule has 2 heterocycles. The van der Waals surface area contributed by atoms with Crippen LogP contribution < -0.4 is 5.56 Å². The van der Waals surface area contributed by atoms with Gasteiger partial charge in [-0.25, -0.2) is 4.98 Å². The Labute approximate surface area is 179 Å². The lowest BCUT2D eigenvalue weighted by molar-refractivity contribution is 0.373. The first-order valence-electron chi connectivity index (χ1n) is 9.94. The molecule has 0 bridgehead atoms. The van der Waals surface area contributed by atoms with Gasteiger partial charge in [0.05, 0.1) is 21.8 Å². The van der Waals surface area contributed by atoms with Crippen molar-refractivity contribution < 1.29 is 4.52 Å². The monoisotopic (exact) mass is 420 g/mol. The topological polar surface area (TPSA) is 73.8 Å². The van der Waals surface area contributed by atoms with Crippen LogP contribution in [-0.2, 0) is 0 Å². The summed E-state index contributed by atoms with van der Waals surface area (Å²) in [6.45, 7) is 10.1. The number of aryl methyl sites for hydroxylation is 2. The molecule has 0 radical (unpaired) electrons. The van der Waals surface area contributed by atoms with Gasteiger partial charge in [0.2, 0.25) is 5.89 Å². The maximum atomic E-state index is 13.4. The summed E-state index contributed by atoms with van der Waals surface area (Å²) in [5.41, 5.74) is 3.67. The Balaban J connectivity index is 1.84. The Morgan fingerprint density at radius 1 is 1.00 bits per heavy atom. The second kappa shape index (κ2) is 8.07. The molecule has 4 aromatic rings. The van der Waals surface area contributed by atoms with E-state index >= 15 is 0 Å². The molecule has 4 rings (SSSR count). The lowest BCUT2D eigenvalue weighted by atomic mass is 10.1. The molecule has 0 spiro atoms. The number of hydrogen-bond acceptors (Lipinski definition) is 6. The zero-order valence-electron chi connectivity index (χ0n) is 17.7. The lowest BCUT2D eigenvalue weighted by Crippen LogP contribution is -2.22. The fourth-order valence-corrected chi connectivity index (χ4v) is 4.10. The van der Waals surface area contributed by atoms with Crippen molar-refractivity contribution in [1.82, 2.24) is 19.7 Å². The van der Waals surface area contributed by atoms with E-state index in [0.717, 1.165) is 11.3 Å². The van der Waals surface area contributed by atoms with Gasteiger partial charge in [-0.1, -0.05) is 49.0 Å². The molecule has 30 heavy (non-hydrogen) atoms. The van der Waals surface area contributed by atoms with E-state index in [1.165, 1.54) is 17.3 Å². The van der Waals surface area contributed by atoms with Crippen LogP contribution in [0.4, 0.5) is 0 Å². The summed E-state index contributed by atoms with van der Waals surface area (Å²) in [4.78, 5) is 22.7. The first kappa shape index (κ1) is 20.3. The number of aromatic nitrogens is 4. The van der Waals surface area contributed by atoms with E-state index in [1.807, 2.05) is 70.2 Å². The predicted octanol–water partition coefficient (Wildman–Crippen LogP) is 5.36. The zero-order chi connectivity index (χ0) is 21.4. The van der Waals surface area contributed by atoms with Crippen molar-refractivity contribution in [2.45, 2.75) is 50.9 Å². The molecule has 6 nitrogen and oxygen atoms in total. The fourth-order valence-electron chi connectivity index (χ4n) is 3.14. The number of benzene rings is 2. The highest BCUT2D eigenvalue weighted by Crippen LogP contribution is 2.34. The summed E-state index contributed by atoms with van der Waals surface area (Å²) < 4.78 is 7.14. The van der Waals surface area contributed by atoms with Gasteiger partial charge in [-0.3, -0.25) is 9.36 Å². The van der Waals surface area contributed by atoms with E-state index in [4.69, 9.17) is 9.51 Å². The molecule has 2 aromatic carbocycles. The standard InChI is InChI=1S/C23H24N4O2S/c1-13(2)20-25-21(29-26-20)16(5)30-23-24-19-9-7-6-8-18(19)22(28)27(23)17-11-10-14(3)15(4)12-17/h6-13,16H,1-5H3. The first-order chi connectivity index (χ1) is 14.3. The lowest BCUT2D eigenvalue weighted by Gasteiger charge is -2.16. The Hall–Kier alpha value is -2.93. The van der Waals surface area contributed by atoms with Crippen LogP contribution in [0.25, 0.3) is 16.6 Å². The summed E-state index contributed by atoms with van der Waals surface area (Å²) >= 11 is 1.44. The average Bonchev–Trinajstić information content (AvgIpc) is 3.21. The third-order valence-electron chi connectivity index (χ3n) is 5.10. The molecule has 0 saturated heterocycles. The van der Waals surface area contributed by atoms with E-state index in [2.05, 4.69) is 17.1 Å². The normalized spacial score (nSPS) is 12.6. The van der Waals surface area contributed by atoms with Gasteiger partial charge in [0.15, 0.2) is 11.0 Å². The van der Waals surface area contributed by atoms with Gasteiger partial charge in [0.25, 0.3) is 5.56 Å².